The molecule has 1 aliphatic heterocycles. The summed E-state index contributed by atoms with van der Waals surface area (Å²) in [7, 11) is 0. The molecule has 3 nitrogen and oxygen atoms in total. The summed E-state index contributed by atoms with van der Waals surface area (Å²) in [5.41, 5.74) is 13.9. The summed E-state index contributed by atoms with van der Waals surface area (Å²) in [4.78, 5) is 2.69. The second-order valence-corrected chi connectivity index (χ2v) is 7.35. The summed E-state index contributed by atoms with van der Waals surface area (Å²) in [5.74, 6) is 0. The van der Waals surface area contributed by atoms with Gasteiger partial charge in [-0.15, -0.1) is 0 Å². The lowest BCUT2D eigenvalue weighted by molar-refractivity contribution is 0.645. The Morgan fingerprint density at radius 3 is 2.58 bits per heavy atom. The average molecular weight is 337 g/mol. The van der Waals surface area contributed by atoms with Crippen LogP contribution in [0.2, 0.25) is 0 Å². The third-order valence-electron chi connectivity index (χ3n) is 5.03. The van der Waals surface area contributed by atoms with Gasteiger partial charge in [0.25, 0.3) is 0 Å². The fourth-order valence-electron chi connectivity index (χ4n) is 4.00. The van der Waals surface area contributed by atoms with Crippen molar-refractivity contribution >= 4 is 22.7 Å². The first-order chi connectivity index (χ1) is 11.7. The minimum atomic E-state index is 0.610. The molecule has 0 unspecified atom stereocenters. The van der Waals surface area contributed by atoms with Crippen LogP contribution in [0.25, 0.3) is 22.2 Å². The molecule has 1 aliphatic rings. The molecule has 1 aromatic heterocycles. The smallest absolute Gasteiger partial charge is 0.102 e. The molecule has 0 aliphatic carbocycles. The SMILES string of the molecule is CCc1c(C)c2c3c(nn(CCN)c3c1CC)-c1ccccc1S2. The second-order valence-electron chi connectivity index (χ2n) is 6.30. The number of aryl methyl sites for hydroxylation is 1. The van der Waals surface area contributed by atoms with E-state index in [9.17, 15) is 0 Å². The Morgan fingerprint density at radius 1 is 1.12 bits per heavy atom. The van der Waals surface area contributed by atoms with Crippen molar-refractivity contribution in [2.75, 3.05) is 6.54 Å². The number of hydrogen-bond donors (Lipinski definition) is 1. The van der Waals surface area contributed by atoms with E-state index in [0.29, 0.717) is 6.54 Å². The van der Waals surface area contributed by atoms with Crippen LogP contribution in [-0.4, -0.2) is 16.3 Å². The van der Waals surface area contributed by atoms with Gasteiger partial charge in [-0.1, -0.05) is 43.8 Å². The quantitative estimate of drug-likeness (QED) is 0.594. The van der Waals surface area contributed by atoms with Gasteiger partial charge in [0.05, 0.1) is 12.1 Å². The molecule has 0 radical (unpaired) electrons. The molecule has 4 rings (SSSR count). The van der Waals surface area contributed by atoms with Crippen molar-refractivity contribution < 1.29 is 0 Å². The van der Waals surface area contributed by atoms with Gasteiger partial charge in [0.15, 0.2) is 0 Å². The number of benzene rings is 2. The van der Waals surface area contributed by atoms with Gasteiger partial charge in [0, 0.05) is 27.3 Å². The lowest BCUT2D eigenvalue weighted by Crippen LogP contribution is -2.12. The third-order valence-corrected chi connectivity index (χ3v) is 6.32. The number of aromatic nitrogens is 2. The van der Waals surface area contributed by atoms with Crippen LogP contribution >= 0.6 is 11.8 Å². The highest BCUT2D eigenvalue weighted by atomic mass is 32.2. The minimum absolute atomic E-state index is 0.610. The van der Waals surface area contributed by atoms with Crippen LogP contribution in [0.4, 0.5) is 0 Å². The van der Waals surface area contributed by atoms with Crippen molar-refractivity contribution in [3.05, 3.63) is 41.0 Å². The summed E-state index contributed by atoms with van der Waals surface area (Å²) >= 11 is 1.90. The van der Waals surface area contributed by atoms with E-state index in [0.717, 1.165) is 25.1 Å². The van der Waals surface area contributed by atoms with E-state index in [1.165, 1.54) is 42.9 Å². The summed E-state index contributed by atoms with van der Waals surface area (Å²) in [6, 6.07) is 8.61. The molecule has 0 amide bonds. The van der Waals surface area contributed by atoms with Gasteiger partial charge in [-0.3, -0.25) is 4.68 Å². The lowest BCUT2D eigenvalue weighted by Gasteiger charge is -2.21. The summed E-state index contributed by atoms with van der Waals surface area (Å²) in [6.07, 6.45) is 2.09. The topological polar surface area (TPSA) is 43.8 Å². The molecule has 0 fully saturated rings. The summed E-state index contributed by atoms with van der Waals surface area (Å²) in [5, 5.41) is 6.33. The fourth-order valence-corrected chi connectivity index (χ4v) is 5.21. The number of hydrogen-bond acceptors (Lipinski definition) is 3. The van der Waals surface area contributed by atoms with E-state index < -0.39 is 0 Å². The van der Waals surface area contributed by atoms with Crippen LogP contribution in [0.5, 0.6) is 0 Å². The van der Waals surface area contributed by atoms with E-state index in [1.54, 1.807) is 0 Å². The molecule has 0 saturated carbocycles. The molecule has 3 aromatic rings. The third kappa shape index (κ3) is 2.06. The maximum Gasteiger partial charge on any atom is 0.102 e. The number of rotatable bonds is 4. The lowest BCUT2D eigenvalue weighted by atomic mass is 9.93. The highest BCUT2D eigenvalue weighted by molar-refractivity contribution is 7.99. The highest BCUT2D eigenvalue weighted by Gasteiger charge is 2.28. The number of nitrogens with zero attached hydrogens (tertiary/aromatic N) is 2. The zero-order valence-electron chi connectivity index (χ0n) is 14.5. The molecule has 2 N–H and O–H groups in total. The van der Waals surface area contributed by atoms with E-state index in [1.807, 2.05) is 11.8 Å². The molecule has 24 heavy (non-hydrogen) atoms. The zero-order chi connectivity index (χ0) is 16.8. The summed E-state index contributed by atoms with van der Waals surface area (Å²) in [6.45, 7) is 8.16. The standard InChI is InChI=1S/C20H23N3S/c1-4-13-12(3)20-17-18(15-8-6-7-9-16(15)24-20)22-23(11-10-21)19(17)14(13)5-2/h6-9H,4-5,10-11,21H2,1-3H3. The Morgan fingerprint density at radius 2 is 1.88 bits per heavy atom. The van der Waals surface area contributed by atoms with Crippen LogP contribution in [0, 0.1) is 6.92 Å². The van der Waals surface area contributed by atoms with Crippen LogP contribution in [0.3, 0.4) is 0 Å². The van der Waals surface area contributed by atoms with E-state index in [-0.39, 0.29) is 0 Å². The second kappa shape index (κ2) is 5.94. The normalized spacial score (nSPS) is 12.7. The van der Waals surface area contributed by atoms with Crippen LogP contribution in [0.15, 0.2) is 34.1 Å². The predicted octanol–water partition coefficient (Wildman–Crippen LogP) is 4.56. The van der Waals surface area contributed by atoms with Crippen LogP contribution in [-0.2, 0) is 19.4 Å². The molecular weight excluding hydrogens is 314 g/mol. The van der Waals surface area contributed by atoms with Crippen LogP contribution < -0.4 is 5.73 Å². The van der Waals surface area contributed by atoms with Crippen molar-refractivity contribution in [1.29, 1.82) is 0 Å². The van der Waals surface area contributed by atoms with Crippen molar-refractivity contribution in [3.8, 4) is 11.3 Å². The molecule has 4 heteroatoms. The fraction of sp³-hybridized carbons (Fsp3) is 0.350. The zero-order valence-corrected chi connectivity index (χ0v) is 15.3. The first-order valence-electron chi connectivity index (χ1n) is 8.73. The van der Waals surface area contributed by atoms with E-state index >= 15 is 0 Å². The first kappa shape index (κ1) is 15.7. The molecular formula is C20H23N3S. The Labute approximate surface area is 147 Å². The molecule has 0 atom stereocenters. The van der Waals surface area contributed by atoms with Crippen molar-refractivity contribution in [2.45, 2.75) is 49.9 Å². The number of fused-ring (bicyclic) bond motifs is 2. The van der Waals surface area contributed by atoms with E-state index in [2.05, 4.69) is 49.7 Å². The molecule has 124 valence electrons. The maximum absolute atomic E-state index is 5.88. The monoisotopic (exact) mass is 337 g/mol. The Balaban J connectivity index is 2.18. The van der Waals surface area contributed by atoms with Crippen molar-refractivity contribution in [1.82, 2.24) is 9.78 Å². The van der Waals surface area contributed by atoms with Gasteiger partial charge in [0.1, 0.15) is 5.69 Å². The minimum Gasteiger partial charge on any atom is -0.329 e. The highest BCUT2D eigenvalue weighted by Crippen LogP contribution is 2.50. The van der Waals surface area contributed by atoms with Gasteiger partial charge in [-0.2, -0.15) is 5.10 Å². The van der Waals surface area contributed by atoms with Gasteiger partial charge < -0.3 is 5.73 Å². The molecule has 0 saturated heterocycles. The van der Waals surface area contributed by atoms with Crippen molar-refractivity contribution in [2.24, 2.45) is 5.73 Å². The average Bonchev–Trinajstić information content (AvgIpc) is 2.98. The van der Waals surface area contributed by atoms with Gasteiger partial charge >= 0.3 is 0 Å². The Kier molecular flexibility index (Phi) is 3.89. The molecule has 2 heterocycles. The summed E-state index contributed by atoms with van der Waals surface area (Å²) < 4.78 is 2.15. The predicted molar refractivity (Wildman–Crippen MR) is 102 cm³/mol. The Bertz CT molecular complexity index is 940. The largest absolute Gasteiger partial charge is 0.329 e. The van der Waals surface area contributed by atoms with E-state index in [4.69, 9.17) is 10.8 Å². The first-order valence-corrected chi connectivity index (χ1v) is 9.55. The van der Waals surface area contributed by atoms with Gasteiger partial charge in [-0.05, 0) is 42.5 Å². The van der Waals surface area contributed by atoms with Crippen LogP contribution in [0.1, 0.15) is 30.5 Å². The van der Waals surface area contributed by atoms with Crippen molar-refractivity contribution in [3.63, 3.8) is 0 Å². The molecule has 2 aromatic carbocycles. The Hall–Kier alpha value is -1.78. The molecule has 0 bridgehead atoms. The maximum atomic E-state index is 5.88. The molecule has 0 spiro atoms. The van der Waals surface area contributed by atoms with Gasteiger partial charge in [0.2, 0.25) is 0 Å². The van der Waals surface area contributed by atoms with Gasteiger partial charge in [-0.25, -0.2) is 0 Å². The number of nitrogens with two attached hydrogens (primary N) is 1.